The van der Waals surface area contributed by atoms with E-state index in [1.54, 1.807) is 24.5 Å². The maximum atomic E-state index is 14.2. The summed E-state index contributed by atoms with van der Waals surface area (Å²) in [5.74, 6) is -0.754. The lowest BCUT2D eigenvalue weighted by Crippen LogP contribution is -2.27. The molecule has 0 aliphatic carbocycles. The molecule has 3 aromatic rings. The molecular formula is C22H18FN5O. The monoisotopic (exact) mass is 387 g/mol. The van der Waals surface area contributed by atoms with E-state index < -0.39 is 5.82 Å². The van der Waals surface area contributed by atoms with Crippen molar-refractivity contribution in [2.45, 2.75) is 6.42 Å². The van der Waals surface area contributed by atoms with Crippen LogP contribution in [-0.4, -0.2) is 29.0 Å². The SMILES string of the molecule is N#Cc1ccc(N2CCC(C(=O)Nc3ccc(-c4cncnc4)cc3)C2)c(F)c1. The molecule has 1 fully saturated rings. The number of hydrogen-bond donors (Lipinski definition) is 1. The van der Waals surface area contributed by atoms with E-state index in [0.717, 1.165) is 11.1 Å². The molecule has 1 aliphatic rings. The summed E-state index contributed by atoms with van der Waals surface area (Å²) in [5, 5.41) is 11.8. The van der Waals surface area contributed by atoms with E-state index in [-0.39, 0.29) is 17.4 Å². The minimum atomic E-state index is -0.439. The summed E-state index contributed by atoms with van der Waals surface area (Å²) in [6.45, 7) is 1.03. The van der Waals surface area contributed by atoms with E-state index in [2.05, 4.69) is 15.3 Å². The van der Waals surface area contributed by atoms with Gasteiger partial charge in [0.15, 0.2) is 0 Å². The Morgan fingerprint density at radius 2 is 1.90 bits per heavy atom. The number of anilines is 2. The highest BCUT2D eigenvalue weighted by molar-refractivity contribution is 5.93. The Morgan fingerprint density at radius 1 is 1.14 bits per heavy atom. The average Bonchev–Trinajstić information content (AvgIpc) is 3.25. The molecule has 1 aliphatic heterocycles. The van der Waals surface area contributed by atoms with E-state index >= 15 is 0 Å². The quantitative estimate of drug-likeness (QED) is 0.739. The van der Waals surface area contributed by atoms with Crippen LogP contribution in [0.25, 0.3) is 11.1 Å². The topological polar surface area (TPSA) is 81.9 Å². The van der Waals surface area contributed by atoms with Crippen molar-refractivity contribution < 1.29 is 9.18 Å². The van der Waals surface area contributed by atoms with Crippen molar-refractivity contribution >= 4 is 17.3 Å². The summed E-state index contributed by atoms with van der Waals surface area (Å²) >= 11 is 0. The maximum absolute atomic E-state index is 14.2. The maximum Gasteiger partial charge on any atom is 0.229 e. The van der Waals surface area contributed by atoms with Gasteiger partial charge in [0, 0.05) is 36.7 Å². The summed E-state index contributed by atoms with van der Waals surface area (Å²) in [4.78, 5) is 22.5. The fourth-order valence-electron chi connectivity index (χ4n) is 3.46. The number of nitrogens with one attached hydrogen (secondary N) is 1. The van der Waals surface area contributed by atoms with Crippen LogP contribution in [0.3, 0.4) is 0 Å². The van der Waals surface area contributed by atoms with Gasteiger partial charge in [0.2, 0.25) is 5.91 Å². The van der Waals surface area contributed by atoms with Crippen LogP contribution in [0.1, 0.15) is 12.0 Å². The van der Waals surface area contributed by atoms with Crippen molar-refractivity contribution in [2.24, 2.45) is 5.92 Å². The van der Waals surface area contributed by atoms with Crippen molar-refractivity contribution in [1.82, 2.24) is 9.97 Å². The minimum Gasteiger partial charge on any atom is -0.368 e. The number of nitriles is 1. The van der Waals surface area contributed by atoms with Gasteiger partial charge in [-0.3, -0.25) is 4.79 Å². The summed E-state index contributed by atoms with van der Waals surface area (Å²) in [6.07, 6.45) is 5.59. The molecule has 1 unspecified atom stereocenters. The van der Waals surface area contributed by atoms with Crippen molar-refractivity contribution in [3.63, 3.8) is 0 Å². The molecular weight excluding hydrogens is 369 g/mol. The van der Waals surface area contributed by atoms with Crippen molar-refractivity contribution in [1.29, 1.82) is 5.26 Å². The van der Waals surface area contributed by atoms with Gasteiger partial charge in [-0.25, -0.2) is 14.4 Å². The molecule has 1 atom stereocenters. The highest BCUT2D eigenvalue weighted by Gasteiger charge is 2.29. The van der Waals surface area contributed by atoms with E-state index in [4.69, 9.17) is 5.26 Å². The first-order valence-electron chi connectivity index (χ1n) is 9.25. The second-order valence-electron chi connectivity index (χ2n) is 6.90. The smallest absolute Gasteiger partial charge is 0.229 e. The second kappa shape index (κ2) is 8.07. The van der Waals surface area contributed by atoms with E-state index in [1.807, 2.05) is 35.2 Å². The van der Waals surface area contributed by atoms with Crippen LogP contribution in [0.15, 0.2) is 61.2 Å². The number of benzene rings is 2. The highest BCUT2D eigenvalue weighted by atomic mass is 19.1. The molecule has 7 heteroatoms. The second-order valence-corrected chi connectivity index (χ2v) is 6.90. The minimum absolute atomic E-state index is 0.0858. The Kier molecular flexibility index (Phi) is 5.16. The zero-order chi connectivity index (χ0) is 20.2. The van der Waals surface area contributed by atoms with Crippen molar-refractivity contribution in [2.75, 3.05) is 23.3 Å². The zero-order valence-electron chi connectivity index (χ0n) is 15.5. The van der Waals surface area contributed by atoms with Crippen LogP contribution in [0.2, 0.25) is 0 Å². The predicted octanol–water partition coefficient (Wildman–Crippen LogP) is 3.62. The van der Waals surface area contributed by atoms with Gasteiger partial charge in [0.05, 0.1) is 23.2 Å². The first-order chi connectivity index (χ1) is 14.1. The van der Waals surface area contributed by atoms with Crippen LogP contribution < -0.4 is 10.2 Å². The fraction of sp³-hybridized carbons (Fsp3) is 0.182. The molecule has 2 aromatic carbocycles. The number of halogens is 1. The van der Waals surface area contributed by atoms with Gasteiger partial charge in [-0.15, -0.1) is 0 Å². The van der Waals surface area contributed by atoms with Crippen LogP contribution in [0.5, 0.6) is 0 Å². The van der Waals surface area contributed by atoms with Crippen LogP contribution >= 0.6 is 0 Å². The normalized spacial score (nSPS) is 15.7. The van der Waals surface area contributed by atoms with Crippen molar-refractivity contribution in [3.05, 3.63) is 72.6 Å². The molecule has 4 rings (SSSR count). The lowest BCUT2D eigenvalue weighted by Gasteiger charge is -2.19. The third-order valence-corrected chi connectivity index (χ3v) is 5.02. The molecule has 0 saturated carbocycles. The first-order valence-corrected chi connectivity index (χ1v) is 9.25. The third kappa shape index (κ3) is 4.06. The van der Waals surface area contributed by atoms with Gasteiger partial charge in [-0.05, 0) is 42.3 Å². The molecule has 29 heavy (non-hydrogen) atoms. The van der Waals surface area contributed by atoms with Crippen LogP contribution in [0.4, 0.5) is 15.8 Å². The number of aromatic nitrogens is 2. The van der Waals surface area contributed by atoms with Crippen molar-refractivity contribution in [3.8, 4) is 17.2 Å². The number of carbonyl (C=O) groups excluding carboxylic acids is 1. The standard InChI is InChI=1S/C22H18FN5O/c23-20-9-15(10-24)1-6-21(20)28-8-7-17(13-28)22(29)27-19-4-2-16(3-5-19)18-11-25-14-26-12-18/h1-6,9,11-12,14,17H,7-8,13H2,(H,27,29). The van der Waals surface area contributed by atoms with Crippen LogP contribution in [-0.2, 0) is 4.79 Å². The summed E-state index contributed by atoms with van der Waals surface area (Å²) in [6, 6.07) is 13.8. The summed E-state index contributed by atoms with van der Waals surface area (Å²) < 4.78 is 14.2. The number of rotatable bonds is 4. The number of nitrogens with zero attached hydrogens (tertiary/aromatic N) is 4. The molecule has 1 aromatic heterocycles. The van der Waals surface area contributed by atoms with Gasteiger partial charge < -0.3 is 10.2 Å². The number of hydrogen-bond acceptors (Lipinski definition) is 5. The van der Waals surface area contributed by atoms with Gasteiger partial charge in [0.25, 0.3) is 0 Å². The molecule has 0 spiro atoms. The van der Waals surface area contributed by atoms with E-state index in [9.17, 15) is 9.18 Å². The summed E-state index contributed by atoms with van der Waals surface area (Å²) in [7, 11) is 0. The fourth-order valence-corrected chi connectivity index (χ4v) is 3.46. The Hall–Kier alpha value is -3.79. The molecule has 1 N–H and O–H groups in total. The number of carbonyl (C=O) groups is 1. The molecule has 6 nitrogen and oxygen atoms in total. The summed E-state index contributed by atoms with van der Waals surface area (Å²) in [5.41, 5.74) is 3.28. The molecule has 144 valence electrons. The van der Waals surface area contributed by atoms with E-state index in [1.165, 1.54) is 12.4 Å². The largest absolute Gasteiger partial charge is 0.368 e. The predicted molar refractivity (Wildman–Crippen MR) is 108 cm³/mol. The lowest BCUT2D eigenvalue weighted by molar-refractivity contribution is -0.119. The Morgan fingerprint density at radius 3 is 2.59 bits per heavy atom. The molecule has 1 amide bonds. The molecule has 2 heterocycles. The van der Waals surface area contributed by atoms with Gasteiger partial charge in [0.1, 0.15) is 12.1 Å². The van der Waals surface area contributed by atoms with Gasteiger partial charge in [-0.1, -0.05) is 12.1 Å². The third-order valence-electron chi connectivity index (χ3n) is 5.02. The zero-order valence-corrected chi connectivity index (χ0v) is 15.5. The number of amides is 1. The lowest BCUT2D eigenvalue weighted by atomic mass is 10.1. The Bertz CT molecular complexity index is 1060. The molecule has 0 radical (unpaired) electrons. The van der Waals surface area contributed by atoms with Gasteiger partial charge in [-0.2, -0.15) is 5.26 Å². The molecule has 0 bridgehead atoms. The van der Waals surface area contributed by atoms with E-state index in [0.29, 0.717) is 30.9 Å². The van der Waals surface area contributed by atoms with Gasteiger partial charge >= 0.3 is 0 Å². The highest BCUT2D eigenvalue weighted by Crippen LogP contribution is 2.28. The van der Waals surface area contributed by atoms with Crippen LogP contribution in [0, 0.1) is 23.1 Å². The Balaban J connectivity index is 1.39. The Labute approximate surface area is 167 Å². The average molecular weight is 387 g/mol. The first kappa shape index (κ1) is 18.6. The molecule has 1 saturated heterocycles.